The molecule has 0 radical (unpaired) electrons. The van der Waals surface area contributed by atoms with E-state index in [-0.39, 0.29) is 6.61 Å². The molecule has 2 aliphatic rings. The van der Waals surface area contributed by atoms with Crippen LogP contribution in [-0.2, 0) is 6.42 Å². The van der Waals surface area contributed by atoms with E-state index in [1.807, 2.05) is 0 Å². The number of rotatable bonds is 3. The standard InChI is InChI=1S/C15H20N2O/c18-10-9-16-5-7-17(8-6-16)15-11-13-3-1-2-4-14(13)12-15/h1-4,11,18H,5-10,12H2. The number of hydrogen-bond donors (Lipinski definition) is 1. The molecule has 3 rings (SSSR count). The maximum atomic E-state index is 8.95. The van der Waals surface area contributed by atoms with Gasteiger partial charge in [0.05, 0.1) is 6.61 Å². The van der Waals surface area contributed by atoms with Crippen LogP contribution in [0.5, 0.6) is 0 Å². The van der Waals surface area contributed by atoms with Gasteiger partial charge in [0.1, 0.15) is 0 Å². The predicted octanol–water partition coefficient (Wildman–Crippen LogP) is 1.19. The van der Waals surface area contributed by atoms with Crippen LogP contribution in [0.2, 0.25) is 0 Å². The predicted molar refractivity (Wildman–Crippen MR) is 73.2 cm³/mol. The van der Waals surface area contributed by atoms with Gasteiger partial charge in [-0.1, -0.05) is 24.3 Å². The molecule has 3 nitrogen and oxygen atoms in total. The van der Waals surface area contributed by atoms with Crippen LogP contribution in [0.15, 0.2) is 30.0 Å². The van der Waals surface area contributed by atoms with E-state index in [1.165, 1.54) is 16.8 Å². The molecule has 1 aliphatic heterocycles. The summed E-state index contributed by atoms with van der Waals surface area (Å²) in [6.45, 7) is 5.38. The third-order valence-electron chi connectivity index (χ3n) is 3.94. The van der Waals surface area contributed by atoms with Gasteiger partial charge in [-0.05, 0) is 17.2 Å². The van der Waals surface area contributed by atoms with Gasteiger partial charge in [-0.2, -0.15) is 0 Å². The molecule has 0 amide bonds. The van der Waals surface area contributed by atoms with Gasteiger partial charge < -0.3 is 10.0 Å². The molecule has 0 unspecified atom stereocenters. The molecule has 1 aromatic rings. The molecule has 1 aromatic carbocycles. The number of hydrogen-bond acceptors (Lipinski definition) is 3. The van der Waals surface area contributed by atoms with Gasteiger partial charge in [0.25, 0.3) is 0 Å². The van der Waals surface area contributed by atoms with Crippen LogP contribution in [0.4, 0.5) is 0 Å². The Kier molecular flexibility index (Phi) is 3.35. The van der Waals surface area contributed by atoms with Gasteiger partial charge in [0, 0.05) is 44.8 Å². The maximum absolute atomic E-state index is 8.95. The number of aliphatic hydroxyl groups excluding tert-OH is 1. The second kappa shape index (κ2) is 5.12. The minimum absolute atomic E-state index is 0.272. The molecule has 1 N–H and O–H groups in total. The van der Waals surface area contributed by atoms with Crippen LogP contribution in [0.1, 0.15) is 11.1 Å². The summed E-state index contributed by atoms with van der Waals surface area (Å²) in [6, 6.07) is 8.65. The van der Waals surface area contributed by atoms with Crippen molar-refractivity contribution in [2.24, 2.45) is 0 Å². The third-order valence-corrected chi connectivity index (χ3v) is 3.94. The zero-order valence-corrected chi connectivity index (χ0v) is 10.7. The molecule has 1 fully saturated rings. The van der Waals surface area contributed by atoms with E-state index in [0.717, 1.165) is 39.1 Å². The lowest BCUT2D eigenvalue weighted by atomic mass is 10.1. The number of allylic oxidation sites excluding steroid dienone is 1. The highest BCUT2D eigenvalue weighted by molar-refractivity contribution is 5.63. The van der Waals surface area contributed by atoms with Crippen molar-refractivity contribution in [2.75, 3.05) is 39.3 Å². The van der Waals surface area contributed by atoms with Crippen molar-refractivity contribution in [3.63, 3.8) is 0 Å². The number of nitrogens with zero attached hydrogens (tertiary/aromatic N) is 2. The number of β-amino-alcohol motifs (C(OH)–C–C–N with tert-alkyl or cyclic N) is 1. The van der Waals surface area contributed by atoms with Gasteiger partial charge in [-0.15, -0.1) is 0 Å². The molecular weight excluding hydrogens is 224 g/mol. The lowest BCUT2D eigenvalue weighted by Gasteiger charge is -2.36. The zero-order valence-electron chi connectivity index (χ0n) is 10.7. The minimum Gasteiger partial charge on any atom is -0.395 e. The molecule has 0 aromatic heterocycles. The van der Waals surface area contributed by atoms with Crippen LogP contribution in [0, 0.1) is 0 Å². The fourth-order valence-corrected chi connectivity index (χ4v) is 2.86. The van der Waals surface area contributed by atoms with E-state index in [9.17, 15) is 0 Å². The molecule has 0 saturated carbocycles. The van der Waals surface area contributed by atoms with E-state index >= 15 is 0 Å². The Morgan fingerprint density at radius 1 is 1.06 bits per heavy atom. The Morgan fingerprint density at radius 2 is 1.83 bits per heavy atom. The highest BCUT2D eigenvalue weighted by Crippen LogP contribution is 2.27. The van der Waals surface area contributed by atoms with Crippen molar-refractivity contribution >= 4 is 6.08 Å². The van der Waals surface area contributed by atoms with E-state index < -0.39 is 0 Å². The van der Waals surface area contributed by atoms with Crippen LogP contribution in [0.25, 0.3) is 6.08 Å². The SMILES string of the molecule is OCCN1CCN(C2=Cc3ccccc3C2)CC1. The third kappa shape index (κ3) is 2.28. The maximum Gasteiger partial charge on any atom is 0.0558 e. The van der Waals surface area contributed by atoms with Crippen molar-refractivity contribution in [1.29, 1.82) is 0 Å². The molecule has 1 saturated heterocycles. The fraction of sp³-hybridized carbons (Fsp3) is 0.467. The quantitative estimate of drug-likeness (QED) is 0.865. The summed E-state index contributed by atoms with van der Waals surface area (Å²) in [5.74, 6) is 0. The van der Waals surface area contributed by atoms with Crippen molar-refractivity contribution < 1.29 is 5.11 Å². The minimum atomic E-state index is 0.272. The summed E-state index contributed by atoms with van der Waals surface area (Å²) in [7, 11) is 0. The van der Waals surface area contributed by atoms with E-state index in [4.69, 9.17) is 5.11 Å². The zero-order chi connectivity index (χ0) is 12.4. The van der Waals surface area contributed by atoms with Gasteiger partial charge in [0.15, 0.2) is 0 Å². The summed E-state index contributed by atoms with van der Waals surface area (Å²) < 4.78 is 0. The Morgan fingerprint density at radius 3 is 2.56 bits per heavy atom. The number of aliphatic hydroxyl groups is 1. The van der Waals surface area contributed by atoms with Crippen molar-refractivity contribution in [3.05, 3.63) is 41.1 Å². The highest BCUT2D eigenvalue weighted by Gasteiger charge is 2.21. The summed E-state index contributed by atoms with van der Waals surface area (Å²) in [5.41, 5.74) is 4.29. The number of fused-ring (bicyclic) bond motifs is 1. The molecule has 1 heterocycles. The van der Waals surface area contributed by atoms with Gasteiger partial charge >= 0.3 is 0 Å². The first-order chi connectivity index (χ1) is 8.86. The average Bonchev–Trinajstić information content (AvgIpc) is 2.84. The molecule has 3 heteroatoms. The monoisotopic (exact) mass is 244 g/mol. The van der Waals surface area contributed by atoms with Gasteiger partial charge in [-0.3, -0.25) is 4.90 Å². The Bertz CT molecular complexity index is 448. The van der Waals surface area contributed by atoms with Crippen molar-refractivity contribution in [2.45, 2.75) is 6.42 Å². The van der Waals surface area contributed by atoms with E-state index in [1.54, 1.807) is 0 Å². The van der Waals surface area contributed by atoms with Gasteiger partial charge in [-0.25, -0.2) is 0 Å². The molecule has 0 spiro atoms. The molecular formula is C15H20N2O. The summed E-state index contributed by atoms with van der Waals surface area (Å²) in [5, 5.41) is 8.95. The topological polar surface area (TPSA) is 26.7 Å². The highest BCUT2D eigenvalue weighted by atomic mass is 16.3. The number of benzene rings is 1. The molecule has 96 valence electrons. The van der Waals surface area contributed by atoms with Crippen molar-refractivity contribution in [3.8, 4) is 0 Å². The first kappa shape index (κ1) is 11.8. The lowest BCUT2D eigenvalue weighted by molar-refractivity contribution is 0.131. The average molecular weight is 244 g/mol. The summed E-state index contributed by atoms with van der Waals surface area (Å²) in [4.78, 5) is 4.83. The van der Waals surface area contributed by atoms with Crippen LogP contribution in [0.3, 0.4) is 0 Å². The largest absolute Gasteiger partial charge is 0.395 e. The molecule has 0 atom stereocenters. The molecule has 0 bridgehead atoms. The van der Waals surface area contributed by atoms with Crippen molar-refractivity contribution in [1.82, 2.24) is 9.80 Å². The smallest absolute Gasteiger partial charge is 0.0558 e. The second-order valence-corrected chi connectivity index (χ2v) is 5.06. The first-order valence-electron chi connectivity index (χ1n) is 6.73. The molecule has 1 aliphatic carbocycles. The lowest BCUT2D eigenvalue weighted by Crippen LogP contribution is -2.46. The van der Waals surface area contributed by atoms with Crippen LogP contribution < -0.4 is 0 Å². The summed E-state index contributed by atoms with van der Waals surface area (Å²) >= 11 is 0. The normalized spacial score (nSPS) is 19.8. The fourth-order valence-electron chi connectivity index (χ4n) is 2.86. The van der Waals surface area contributed by atoms with E-state index in [2.05, 4.69) is 40.1 Å². The second-order valence-electron chi connectivity index (χ2n) is 5.06. The number of piperazine rings is 1. The molecule has 18 heavy (non-hydrogen) atoms. The van der Waals surface area contributed by atoms with Gasteiger partial charge in [0.2, 0.25) is 0 Å². The summed E-state index contributed by atoms with van der Waals surface area (Å²) in [6.07, 6.45) is 3.41. The van der Waals surface area contributed by atoms with Crippen LogP contribution in [-0.4, -0.2) is 54.2 Å². The van der Waals surface area contributed by atoms with Crippen LogP contribution >= 0.6 is 0 Å². The first-order valence-corrected chi connectivity index (χ1v) is 6.73. The Labute approximate surface area is 108 Å². The Hall–Kier alpha value is -1.32. The Balaban J connectivity index is 1.62. The van der Waals surface area contributed by atoms with E-state index in [0.29, 0.717) is 0 Å².